The van der Waals surface area contributed by atoms with Crippen molar-refractivity contribution in [3.05, 3.63) is 60.8 Å². The molecule has 366 valence electrons. The van der Waals surface area contributed by atoms with Crippen LogP contribution in [0.1, 0.15) is 187 Å². The highest BCUT2D eigenvalue weighted by Crippen LogP contribution is 2.47. The largest absolute Gasteiger partial charge is 0.472 e. The molecule has 1 saturated carbocycles. The first-order valence-electron chi connectivity index (χ1n) is 24.6. The summed E-state index contributed by atoms with van der Waals surface area (Å²) < 4.78 is 34.2. The zero-order valence-electron chi connectivity index (χ0n) is 39.1. The van der Waals surface area contributed by atoms with Crippen LogP contribution in [-0.4, -0.2) is 98.9 Å². The molecule has 0 spiro atoms. The zero-order valence-corrected chi connectivity index (χ0v) is 40.0. The van der Waals surface area contributed by atoms with E-state index in [9.17, 15) is 39.8 Å². The average molecular weight is 913 g/mol. The molecule has 0 aromatic heterocycles. The average Bonchev–Trinajstić information content (AvgIpc) is 3.27. The SMILES string of the molecule is CC/C=C\C/C=C\C/C=C\C/C=C\C/C=C\CCCCCCCC(=O)OC(COCCCCCCCCCCCCCCCCC)COP(=O)(O)OC1C(O)C(O)C(O)C(O)C1O. The van der Waals surface area contributed by atoms with Gasteiger partial charge in [0.25, 0.3) is 0 Å². The molecule has 1 fully saturated rings. The van der Waals surface area contributed by atoms with Gasteiger partial charge in [-0.3, -0.25) is 13.8 Å². The van der Waals surface area contributed by atoms with Gasteiger partial charge in [-0.15, -0.1) is 0 Å². The fraction of sp³-hybridized carbons (Fsp3) is 0.780. The Morgan fingerprint density at radius 3 is 1.43 bits per heavy atom. The molecule has 0 saturated heterocycles. The first-order valence-corrected chi connectivity index (χ1v) is 26.1. The standard InChI is InChI=1S/C50H89O12P/c1-3-5-7-9-11-13-15-17-19-20-21-22-23-24-25-27-29-31-33-35-37-39-44(51)61-43(42-60-63(57,58)62-50-48(55)46(53)45(52)47(54)49(50)56)41-59-40-38-36-34-32-30-28-26-18-16-14-12-10-8-6-4-2/h5,7,11,13,17,19,21-22,24-25,43,45-50,52-56H,3-4,6,8-10,12,14-16,18,20,23,26-42H2,1-2H3,(H,57,58)/b7-5-,13-11-,19-17-,22-21-,25-24-. The Hall–Kier alpha value is -1.96. The molecule has 6 atom stereocenters. The van der Waals surface area contributed by atoms with Crippen molar-refractivity contribution in [1.29, 1.82) is 0 Å². The summed E-state index contributed by atoms with van der Waals surface area (Å²) in [6.45, 7) is 4.14. The summed E-state index contributed by atoms with van der Waals surface area (Å²) in [5.41, 5.74) is 0. The first-order chi connectivity index (χ1) is 30.5. The molecule has 0 radical (unpaired) electrons. The van der Waals surface area contributed by atoms with Crippen molar-refractivity contribution in [2.45, 2.75) is 230 Å². The summed E-state index contributed by atoms with van der Waals surface area (Å²) in [6.07, 6.45) is 38.5. The molecule has 1 aliphatic carbocycles. The van der Waals surface area contributed by atoms with Gasteiger partial charge in [-0.25, -0.2) is 4.57 Å². The number of hydrogen-bond acceptors (Lipinski definition) is 11. The van der Waals surface area contributed by atoms with Gasteiger partial charge in [0.05, 0.1) is 13.2 Å². The number of phosphoric ester groups is 1. The summed E-state index contributed by atoms with van der Waals surface area (Å²) in [5.74, 6) is -0.495. The third-order valence-electron chi connectivity index (χ3n) is 11.2. The van der Waals surface area contributed by atoms with Gasteiger partial charge in [-0.2, -0.15) is 0 Å². The number of carbonyl (C=O) groups excluding carboxylic acids is 1. The molecule has 63 heavy (non-hydrogen) atoms. The first kappa shape index (κ1) is 59.1. The van der Waals surface area contributed by atoms with E-state index in [0.717, 1.165) is 83.5 Å². The van der Waals surface area contributed by atoms with E-state index in [1.54, 1.807) is 0 Å². The third kappa shape index (κ3) is 32.4. The van der Waals surface area contributed by atoms with Gasteiger partial charge in [-0.05, 0) is 57.8 Å². The number of phosphoric acid groups is 1. The lowest BCUT2D eigenvalue weighted by Gasteiger charge is -2.41. The van der Waals surface area contributed by atoms with Crippen LogP contribution in [0.4, 0.5) is 0 Å². The maximum absolute atomic E-state index is 12.8. The molecule has 12 nitrogen and oxygen atoms in total. The van der Waals surface area contributed by atoms with Gasteiger partial charge in [-0.1, -0.05) is 184 Å². The number of aliphatic hydroxyl groups excluding tert-OH is 5. The third-order valence-corrected chi connectivity index (χ3v) is 12.1. The van der Waals surface area contributed by atoms with Gasteiger partial charge in [0.15, 0.2) is 0 Å². The predicted molar refractivity (Wildman–Crippen MR) is 253 cm³/mol. The van der Waals surface area contributed by atoms with Crippen LogP contribution >= 0.6 is 7.82 Å². The number of carbonyl (C=O) groups is 1. The smallest absolute Gasteiger partial charge is 0.457 e. The van der Waals surface area contributed by atoms with Crippen LogP contribution in [0, 0.1) is 0 Å². The summed E-state index contributed by atoms with van der Waals surface area (Å²) in [5, 5.41) is 50.2. The van der Waals surface area contributed by atoms with Crippen molar-refractivity contribution in [2.24, 2.45) is 0 Å². The van der Waals surface area contributed by atoms with Crippen molar-refractivity contribution >= 4 is 13.8 Å². The molecular weight excluding hydrogens is 824 g/mol. The van der Waals surface area contributed by atoms with Crippen molar-refractivity contribution < 1.29 is 58.3 Å². The van der Waals surface area contributed by atoms with E-state index in [4.69, 9.17) is 18.5 Å². The lowest BCUT2D eigenvalue weighted by atomic mass is 9.85. The fourth-order valence-corrected chi connectivity index (χ4v) is 8.24. The molecule has 0 aliphatic heterocycles. The minimum Gasteiger partial charge on any atom is -0.457 e. The number of esters is 1. The molecule has 0 heterocycles. The van der Waals surface area contributed by atoms with E-state index >= 15 is 0 Å². The second-order valence-corrected chi connectivity index (χ2v) is 18.3. The van der Waals surface area contributed by atoms with Crippen LogP contribution in [0.25, 0.3) is 0 Å². The Labute approximate surface area is 381 Å². The summed E-state index contributed by atoms with van der Waals surface area (Å²) in [4.78, 5) is 23.2. The van der Waals surface area contributed by atoms with Crippen LogP contribution in [0.15, 0.2) is 60.8 Å². The highest BCUT2D eigenvalue weighted by Gasteiger charge is 2.51. The number of aliphatic hydroxyl groups is 5. The monoisotopic (exact) mass is 913 g/mol. The molecule has 0 aromatic rings. The van der Waals surface area contributed by atoms with Crippen LogP contribution in [0.5, 0.6) is 0 Å². The van der Waals surface area contributed by atoms with E-state index < -0.39 is 63.1 Å². The van der Waals surface area contributed by atoms with Crippen molar-refractivity contribution in [1.82, 2.24) is 0 Å². The van der Waals surface area contributed by atoms with E-state index in [0.29, 0.717) is 13.0 Å². The van der Waals surface area contributed by atoms with Gasteiger partial charge >= 0.3 is 13.8 Å². The quantitative estimate of drug-likeness (QED) is 0.0147. The van der Waals surface area contributed by atoms with Crippen LogP contribution in [0.2, 0.25) is 0 Å². The molecule has 6 unspecified atom stereocenters. The maximum Gasteiger partial charge on any atom is 0.472 e. The lowest BCUT2D eigenvalue weighted by molar-refractivity contribution is -0.220. The topological polar surface area (TPSA) is 192 Å². The Bertz CT molecular complexity index is 1270. The summed E-state index contributed by atoms with van der Waals surface area (Å²) in [7, 11) is -5.03. The number of hydrogen-bond donors (Lipinski definition) is 6. The predicted octanol–water partition coefficient (Wildman–Crippen LogP) is 10.6. The van der Waals surface area contributed by atoms with E-state index in [2.05, 4.69) is 74.6 Å². The normalized spacial score (nSPS) is 22.3. The van der Waals surface area contributed by atoms with Gasteiger partial charge in [0.2, 0.25) is 0 Å². The van der Waals surface area contributed by atoms with Crippen molar-refractivity contribution in [3.8, 4) is 0 Å². The van der Waals surface area contributed by atoms with E-state index in [1.165, 1.54) is 77.0 Å². The Morgan fingerprint density at radius 2 is 0.937 bits per heavy atom. The zero-order chi connectivity index (χ0) is 46.2. The lowest BCUT2D eigenvalue weighted by Crippen LogP contribution is -2.64. The second kappa shape index (κ2) is 40.3. The van der Waals surface area contributed by atoms with Crippen LogP contribution < -0.4 is 0 Å². The van der Waals surface area contributed by atoms with Crippen LogP contribution in [0.3, 0.4) is 0 Å². The molecule has 6 N–H and O–H groups in total. The van der Waals surface area contributed by atoms with Gasteiger partial charge in [0.1, 0.15) is 42.7 Å². The Balaban J connectivity index is 2.38. The summed E-state index contributed by atoms with van der Waals surface area (Å²) in [6, 6.07) is 0. The molecule has 1 rings (SSSR count). The Kier molecular flexibility index (Phi) is 37.8. The highest BCUT2D eigenvalue weighted by atomic mass is 31.2. The van der Waals surface area contributed by atoms with E-state index in [-0.39, 0.29) is 13.0 Å². The number of ether oxygens (including phenoxy) is 2. The van der Waals surface area contributed by atoms with Crippen LogP contribution in [-0.2, 0) is 27.9 Å². The fourth-order valence-electron chi connectivity index (χ4n) is 7.26. The van der Waals surface area contributed by atoms with E-state index in [1.807, 2.05) is 0 Å². The number of allylic oxidation sites excluding steroid dienone is 10. The number of rotatable bonds is 41. The molecule has 1 aliphatic rings. The molecule has 0 bridgehead atoms. The second-order valence-electron chi connectivity index (χ2n) is 16.9. The van der Waals surface area contributed by atoms with Gasteiger partial charge in [0, 0.05) is 13.0 Å². The Morgan fingerprint density at radius 1 is 0.524 bits per heavy atom. The van der Waals surface area contributed by atoms with Crippen molar-refractivity contribution in [2.75, 3.05) is 19.8 Å². The minimum absolute atomic E-state index is 0.0849. The van der Waals surface area contributed by atoms with Gasteiger partial charge < -0.3 is 39.9 Å². The van der Waals surface area contributed by atoms with Crippen molar-refractivity contribution in [3.63, 3.8) is 0 Å². The number of unbranched alkanes of at least 4 members (excludes halogenated alkanes) is 19. The molecule has 13 heteroatoms. The molecule has 0 amide bonds. The molecular formula is C50H89O12P. The molecule has 0 aromatic carbocycles. The minimum atomic E-state index is -5.03. The highest BCUT2D eigenvalue weighted by molar-refractivity contribution is 7.47. The maximum atomic E-state index is 12.8. The summed E-state index contributed by atoms with van der Waals surface area (Å²) >= 11 is 0.